The molecule has 1 atom stereocenters. The Kier molecular flexibility index (Phi) is 5.77. The Labute approximate surface area is 138 Å². The number of nitrogens with one attached hydrogen (secondary N) is 2. The largest absolute Gasteiger partial charge is 0.324 e. The Bertz CT molecular complexity index is 679. The van der Waals surface area contributed by atoms with Crippen LogP contribution in [-0.2, 0) is 4.79 Å². The summed E-state index contributed by atoms with van der Waals surface area (Å²) in [6, 6.07) is 11.2. The lowest BCUT2D eigenvalue weighted by molar-refractivity contribution is -0.115. The maximum absolute atomic E-state index is 12.9. The molecule has 22 heavy (non-hydrogen) atoms. The maximum Gasteiger partial charge on any atom is 0.238 e. The average molecular weight is 341 g/mol. The summed E-state index contributed by atoms with van der Waals surface area (Å²) in [6.45, 7) is 2.00. The van der Waals surface area contributed by atoms with Crippen molar-refractivity contribution in [3.8, 4) is 0 Å². The lowest BCUT2D eigenvalue weighted by Crippen LogP contribution is -2.30. The van der Waals surface area contributed by atoms with Crippen LogP contribution in [-0.4, -0.2) is 12.5 Å². The number of carbonyl (C=O) groups is 1. The summed E-state index contributed by atoms with van der Waals surface area (Å²) in [5.74, 6) is -0.721. The number of amides is 1. The van der Waals surface area contributed by atoms with E-state index in [0.717, 1.165) is 11.6 Å². The molecule has 2 aromatic rings. The third-order valence-electron chi connectivity index (χ3n) is 3.15. The Balaban J connectivity index is 1.91. The predicted octanol–water partition coefficient (Wildman–Crippen LogP) is 4.42. The van der Waals surface area contributed by atoms with E-state index in [9.17, 15) is 9.18 Å². The number of carbonyl (C=O) groups excluding carboxylic acids is 1. The molecular weight excluding hydrogens is 326 g/mol. The fourth-order valence-corrected chi connectivity index (χ4v) is 2.48. The SMILES string of the molecule is C[C@@H](NCC(=O)Nc1ccc(F)cc1Cl)c1ccccc1Cl. The summed E-state index contributed by atoms with van der Waals surface area (Å²) in [7, 11) is 0. The molecule has 0 saturated heterocycles. The van der Waals surface area contributed by atoms with Crippen LogP contribution in [0.15, 0.2) is 42.5 Å². The van der Waals surface area contributed by atoms with Crippen LogP contribution in [0.5, 0.6) is 0 Å². The van der Waals surface area contributed by atoms with Crippen molar-refractivity contribution in [2.24, 2.45) is 0 Å². The van der Waals surface area contributed by atoms with Crippen LogP contribution >= 0.6 is 23.2 Å². The van der Waals surface area contributed by atoms with Gasteiger partial charge in [-0.1, -0.05) is 41.4 Å². The highest BCUT2D eigenvalue weighted by atomic mass is 35.5. The molecule has 0 aliphatic carbocycles. The minimum absolute atomic E-state index is 0.0804. The van der Waals surface area contributed by atoms with Crippen molar-refractivity contribution < 1.29 is 9.18 Å². The zero-order valence-corrected chi connectivity index (χ0v) is 13.4. The molecule has 0 unspecified atom stereocenters. The second-order valence-electron chi connectivity index (χ2n) is 4.80. The molecule has 2 rings (SSSR count). The highest BCUT2D eigenvalue weighted by molar-refractivity contribution is 6.33. The molecule has 0 saturated carbocycles. The minimum Gasteiger partial charge on any atom is -0.324 e. The molecule has 0 aromatic heterocycles. The standard InChI is InChI=1S/C16H15Cl2FN2O/c1-10(12-4-2-3-5-13(12)17)20-9-16(22)21-15-7-6-11(19)8-14(15)18/h2-8,10,20H,9H2,1H3,(H,21,22)/t10-/m1/s1. The van der Waals surface area contributed by atoms with Gasteiger partial charge in [0.2, 0.25) is 5.91 Å². The van der Waals surface area contributed by atoms with Crippen molar-refractivity contribution in [3.63, 3.8) is 0 Å². The summed E-state index contributed by atoms with van der Waals surface area (Å²) in [5, 5.41) is 6.51. The Morgan fingerprint density at radius 2 is 1.91 bits per heavy atom. The van der Waals surface area contributed by atoms with Gasteiger partial charge in [-0.3, -0.25) is 4.79 Å². The van der Waals surface area contributed by atoms with E-state index >= 15 is 0 Å². The van der Waals surface area contributed by atoms with Gasteiger partial charge in [0.15, 0.2) is 0 Å². The molecule has 6 heteroatoms. The zero-order chi connectivity index (χ0) is 16.1. The van der Waals surface area contributed by atoms with Crippen molar-refractivity contribution in [3.05, 3.63) is 63.9 Å². The Morgan fingerprint density at radius 3 is 2.59 bits per heavy atom. The number of halogens is 3. The smallest absolute Gasteiger partial charge is 0.238 e. The molecular formula is C16H15Cl2FN2O. The Hall–Kier alpha value is -1.62. The van der Waals surface area contributed by atoms with Gasteiger partial charge in [-0.05, 0) is 36.8 Å². The summed E-state index contributed by atoms with van der Waals surface area (Å²) in [5.41, 5.74) is 1.29. The summed E-state index contributed by atoms with van der Waals surface area (Å²) >= 11 is 12.0. The molecule has 3 nitrogen and oxygen atoms in total. The van der Waals surface area contributed by atoms with E-state index in [4.69, 9.17) is 23.2 Å². The van der Waals surface area contributed by atoms with Gasteiger partial charge in [-0.25, -0.2) is 4.39 Å². The monoisotopic (exact) mass is 340 g/mol. The van der Waals surface area contributed by atoms with Crippen LogP contribution < -0.4 is 10.6 Å². The molecule has 2 aromatic carbocycles. The fraction of sp³-hybridized carbons (Fsp3) is 0.188. The first-order chi connectivity index (χ1) is 10.5. The minimum atomic E-state index is -0.450. The van der Waals surface area contributed by atoms with Crippen LogP contribution in [0.2, 0.25) is 10.0 Å². The normalized spacial score (nSPS) is 12.0. The third-order valence-corrected chi connectivity index (χ3v) is 3.80. The van der Waals surface area contributed by atoms with Crippen LogP contribution in [0.4, 0.5) is 10.1 Å². The van der Waals surface area contributed by atoms with Gasteiger partial charge in [-0.2, -0.15) is 0 Å². The lowest BCUT2D eigenvalue weighted by atomic mass is 10.1. The Morgan fingerprint density at radius 1 is 1.18 bits per heavy atom. The van der Waals surface area contributed by atoms with Crippen molar-refractivity contribution in [1.29, 1.82) is 0 Å². The number of rotatable bonds is 5. The predicted molar refractivity (Wildman–Crippen MR) is 87.9 cm³/mol. The van der Waals surface area contributed by atoms with Crippen molar-refractivity contribution >= 4 is 34.8 Å². The molecule has 0 fully saturated rings. The summed E-state index contributed by atoms with van der Waals surface area (Å²) in [4.78, 5) is 11.9. The lowest BCUT2D eigenvalue weighted by Gasteiger charge is -2.15. The highest BCUT2D eigenvalue weighted by Crippen LogP contribution is 2.23. The van der Waals surface area contributed by atoms with Crippen molar-refractivity contribution in [1.82, 2.24) is 5.32 Å². The molecule has 0 bridgehead atoms. The zero-order valence-electron chi connectivity index (χ0n) is 11.9. The molecule has 0 heterocycles. The van der Waals surface area contributed by atoms with Crippen LogP contribution in [0.1, 0.15) is 18.5 Å². The summed E-state index contributed by atoms with van der Waals surface area (Å²) in [6.07, 6.45) is 0. The van der Waals surface area contributed by atoms with Crippen LogP contribution in [0.3, 0.4) is 0 Å². The second kappa shape index (κ2) is 7.58. The van der Waals surface area contributed by atoms with Gasteiger partial charge >= 0.3 is 0 Å². The van der Waals surface area contributed by atoms with E-state index < -0.39 is 5.82 Å². The molecule has 0 aliphatic rings. The average Bonchev–Trinajstić information content (AvgIpc) is 2.48. The van der Waals surface area contributed by atoms with Crippen molar-refractivity contribution in [2.75, 3.05) is 11.9 Å². The van der Waals surface area contributed by atoms with E-state index in [-0.39, 0.29) is 23.5 Å². The van der Waals surface area contributed by atoms with Gasteiger partial charge in [0.05, 0.1) is 17.3 Å². The number of hydrogen-bond donors (Lipinski definition) is 2. The number of anilines is 1. The van der Waals surface area contributed by atoms with Crippen molar-refractivity contribution in [2.45, 2.75) is 13.0 Å². The molecule has 2 N–H and O–H groups in total. The highest BCUT2D eigenvalue weighted by Gasteiger charge is 2.11. The summed E-state index contributed by atoms with van der Waals surface area (Å²) < 4.78 is 12.9. The van der Waals surface area contributed by atoms with Gasteiger partial charge in [0, 0.05) is 11.1 Å². The number of benzene rings is 2. The molecule has 0 aliphatic heterocycles. The van der Waals surface area contributed by atoms with Gasteiger partial charge < -0.3 is 10.6 Å². The van der Waals surface area contributed by atoms with Gasteiger partial charge in [0.1, 0.15) is 5.82 Å². The van der Waals surface area contributed by atoms with Gasteiger partial charge in [0.25, 0.3) is 0 Å². The van der Waals surface area contributed by atoms with Crippen LogP contribution in [0, 0.1) is 5.82 Å². The third kappa shape index (κ3) is 4.44. The van der Waals surface area contributed by atoms with E-state index in [1.54, 1.807) is 6.07 Å². The first-order valence-electron chi connectivity index (χ1n) is 6.70. The first-order valence-corrected chi connectivity index (χ1v) is 7.45. The van der Waals surface area contributed by atoms with Gasteiger partial charge in [-0.15, -0.1) is 0 Å². The molecule has 116 valence electrons. The fourth-order valence-electron chi connectivity index (χ4n) is 1.97. The first kappa shape index (κ1) is 16.7. The maximum atomic E-state index is 12.9. The quantitative estimate of drug-likeness (QED) is 0.845. The molecule has 0 spiro atoms. The van der Waals surface area contributed by atoms with E-state index in [2.05, 4.69) is 10.6 Å². The topological polar surface area (TPSA) is 41.1 Å². The van der Waals surface area contributed by atoms with E-state index in [1.165, 1.54) is 12.1 Å². The van der Waals surface area contributed by atoms with Crippen LogP contribution in [0.25, 0.3) is 0 Å². The second-order valence-corrected chi connectivity index (χ2v) is 5.61. The number of hydrogen-bond acceptors (Lipinski definition) is 2. The van der Waals surface area contributed by atoms with E-state index in [0.29, 0.717) is 10.7 Å². The molecule has 0 radical (unpaired) electrons. The van der Waals surface area contributed by atoms with E-state index in [1.807, 2.05) is 25.1 Å². The molecule has 1 amide bonds.